The number of phenolic OH excluding ortho intramolecular Hbond substituents is 1. The highest BCUT2D eigenvalue weighted by molar-refractivity contribution is 5.97. The quantitative estimate of drug-likeness (QED) is 0.890. The molecular weight excluding hydrogens is 278 g/mol. The summed E-state index contributed by atoms with van der Waals surface area (Å²) in [4.78, 5) is 16.3. The van der Waals surface area contributed by atoms with Gasteiger partial charge in [-0.3, -0.25) is 4.79 Å². The second-order valence-electron chi connectivity index (χ2n) is 5.97. The number of aromatic nitrogens is 2. The first-order chi connectivity index (χ1) is 10.7. The molecule has 0 atom stereocenters. The first-order valence-corrected chi connectivity index (χ1v) is 7.74. The van der Waals surface area contributed by atoms with Gasteiger partial charge in [-0.15, -0.1) is 0 Å². The van der Waals surface area contributed by atoms with Crippen LogP contribution in [0.5, 0.6) is 5.75 Å². The topological polar surface area (TPSA) is 67.2 Å². The molecule has 1 fully saturated rings. The Labute approximate surface area is 130 Å². The van der Waals surface area contributed by atoms with Gasteiger partial charge < -0.3 is 15.0 Å². The van der Waals surface area contributed by atoms with Crippen molar-refractivity contribution in [1.82, 2.24) is 14.9 Å². The summed E-state index contributed by atoms with van der Waals surface area (Å²) in [6, 6.07) is 5.41. The van der Waals surface area contributed by atoms with Gasteiger partial charge in [0, 0.05) is 25.0 Å². The van der Waals surface area contributed by atoms with E-state index in [9.17, 15) is 9.90 Å². The Kier molecular flexibility index (Phi) is 4.13. The summed E-state index contributed by atoms with van der Waals surface area (Å²) in [5, 5.41) is 12.9. The molecule has 2 aromatic rings. The number of nitrogens with one attached hydrogen (secondary N) is 1. The molecule has 0 saturated heterocycles. The van der Waals surface area contributed by atoms with E-state index in [2.05, 4.69) is 14.9 Å². The maximum atomic E-state index is 12.3. The Hall–Kier alpha value is -2.30. The van der Waals surface area contributed by atoms with Crippen LogP contribution in [0, 0.1) is 5.92 Å². The molecule has 2 N–H and O–H groups in total. The number of nitrogens with zero attached hydrogens (tertiary/aromatic N) is 2. The summed E-state index contributed by atoms with van der Waals surface area (Å²) in [6.07, 6.45) is 8.34. The first-order valence-electron chi connectivity index (χ1n) is 7.74. The van der Waals surface area contributed by atoms with E-state index < -0.39 is 0 Å². The SMILES string of the molecule is CCc1ccc(O)c(C(=O)NC2CC(Cn3ccnc3)C2)c1. The molecule has 0 unspecified atom stereocenters. The van der Waals surface area contributed by atoms with Crippen molar-refractivity contribution in [2.75, 3.05) is 0 Å². The van der Waals surface area contributed by atoms with Gasteiger partial charge in [0.25, 0.3) is 5.91 Å². The van der Waals surface area contributed by atoms with Crippen LogP contribution in [-0.2, 0) is 13.0 Å². The largest absolute Gasteiger partial charge is 0.507 e. The Morgan fingerprint density at radius 1 is 1.45 bits per heavy atom. The Morgan fingerprint density at radius 2 is 2.27 bits per heavy atom. The Morgan fingerprint density at radius 3 is 2.95 bits per heavy atom. The van der Waals surface area contributed by atoms with E-state index in [1.54, 1.807) is 18.3 Å². The van der Waals surface area contributed by atoms with Gasteiger partial charge >= 0.3 is 0 Å². The van der Waals surface area contributed by atoms with Crippen LogP contribution in [0.2, 0.25) is 0 Å². The molecule has 5 nitrogen and oxygen atoms in total. The molecule has 1 heterocycles. The minimum atomic E-state index is -0.182. The molecular formula is C17H21N3O2. The summed E-state index contributed by atoms with van der Waals surface area (Å²) in [7, 11) is 0. The minimum Gasteiger partial charge on any atom is -0.507 e. The lowest BCUT2D eigenvalue weighted by Gasteiger charge is -2.36. The van der Waals surface area contributed by atoms with Crippen molar-refractivity contribution in [3.8, 4) is 5.75 Å². The number of imidazole rings is 1. The lowest BCUT2D eigenvalue weighted by Crippen LogP contribution is -2.45. The van der Waals surface area contributed by atoms with E-state index in [0.29, 0.717) is 11.5 Å². The van der Waals surface area contributed by atoms with Crippen LogP contribution in [0.15, 0.2) is 36.9 Å². The van der Waals surface area contributed by atoms with Crippen molar-refractivity contribution in [2.24, 2.45) is 5.92 Å². The number of amides is 1. The number of aryl methyl sites for hydroxylation is 1. The van der Waals surface area contributed by atoms with E-state index in [1.165, 1.54) is 0 Å². The Bertz CT molecular complexity index is 646. The number of hydrogen-bond donors (Lipinski definition) is 2. The van der Waals surface area contributed by atoms with Crippen molar-refractivity contribution < 1.29 is 9.90 Å². The van der Waals surface area contributed by atoms with Gasteiger partial charge in [-0.05, 0) is 42.9 Å². The lowest BCUT2D eigenvalue weighted by molar-refractivity contribution is 0.0879. The summed E-state index contributed by atoms with van der Waals surface area (Å²) >= 11 is 0. The predicted octanol–water partition coefficient (Wildman–Crippen LogP) is 2.36. The van der Waals surface area contributed by atoms with E-state index >= 15 is 0 Å². The molecule has 1 aromatic heterocycles. The van der Waals surface area contributed by atoms with Crippen LogP contribution in [0.3, 0.4) is 0 Å². The first kappa shape index (κ1) is 14.6. The average molecular weight is 299 g/mol. The predicted molar refractivity (Wildman–Crippen MR) is 83.7 cm³/mol. The number of rotatable bonds is 5. The zero-order valence-corrected chi connectivity index (χ0v) is 12.7. The summed E-state index contributed by atoms with van der Waals surface area (Å²) < 4.78 is 2.07. The lowest BCUT2D eigenvalue weighted by atomic mass is 9.80. The fourth-order valence-electron chi connectivity index (χ4n) is 2.94. The van der Waals surface area contributed by atoms with Gasteiger partial charge in [-0.25, -0.2) is 4.98 Å². The third kappa shape index (κ3) is 3.13. The molecule has 1 aliphatic carbocycles. The van der Waals surface area contributed by atoms with Crippen molar-refractivity contribution >= 4 is 5.91 Å². The molecule has 1 aromatic carbocycles. The molecule has 22 heavy (non-hydrogen) atoms. The van der Waals surface area contributed by atoms with Gasteiger partial charge in [0.05, 0.1) is 11.9 Å². The molecule has 0 radical (unpaired) electrons. The second kappa shape index (κ2) is 6.22. The van der Waals surface area contributed by atoms with Crippen molar-refractivity contribution in [3.63, 3.8) is 0 Å². The zero-order valence-electron chi connectivity index (χ0n) is 12.7. The average Bonchev–Trinajstić information content (AvgIpc) is 2.98. The molecule has 116 valence electrons. The molecule has 0 bridgehead atoms. The zero-order chi connectivity index (χ0) is 15.5. The normalized spacial score (nSPS) is 20.4. The van der Waals surface area contributed by atoms with Crippen molar-refractivity contribution in [3.05, 3.63) is 48.0 Å². The Balaban J connectivity index is 1.53. The highest BCUT2D eigenvalue weighted by atomic mass is 16.3. The van der Waals surface area contributed by atoms with Crippen molar-refractivity contribution in [2.45, 2.75) is 38.8 Å². The fraction of sp³-hybridized carbons (Fsp3) is 0.412. The van der Waals surface area contributed by atoms with Crippen LogP contribution >= 0.6 is 0 Å². The molecule has 1 amide bonds. The molecule has 0 aliphatic heterocycles. The van der Waals surface area contributed by atoms with Gasteiger partial charge in [0.15, 0.2) is 0 Å². The highest BCUT2D eigenvalue weighted by Crippen LogP contribution is 2.29. The van der Waals surface area contributed by atoms with Crippen LogP contribution < -0.4 is 5.32 Å². The number of benzene rings is 1. The number of phenols is 1. The van der Waals surface area contributed by atoms with Gasteiger partial charge in [-0.1, -0.05) is 13.0 Å². The van der Waals surface area contributed by atoms with E-state index in [4.69, 9.17) is 0 Å². The van der Waals surface area contributed by atoms with E-state index in [1.807, 2.05) is 25.5 Å². The number of carbonyl (C=O) groups is 1. The van der Waals surface area contributed by atoms with Crippen LogP contribution in [0.1, 0.15) is 35.7 Å². The van der Waals surface area contributed by atoms with Crippen LogP contribution in [-0.4, -0.2) is 26.6 Å². The van der Waals surface area contributed by atoms with Gasteiger partial charge in [0.2, 0.25) is 0 Å². The summed E-state index contributed by atoms with van der Waals surface area (Å²) in [5.41, 5.74) is 1.42. The summed E-state index contributed by atoms with van der Waals surface area (Å²) in [6.45, 7) is 2.98. The van der Waals surface area contributed by atoms with E-state index in [0.717, 1.165) is 31.4 Å². The molecule has 1 saturated carbocycles. The minimum absolute atomic E-state index is 0.0454. The van der Waals surface area contributed by atoms with E-state index in [-0.39, 0.29) is 17.7 Å². The number of aromatic hydroxyl groups is 1. The monoisotopic (exact) mass is 299 g/mol. The van der Waals surface area contributed by atoms with Gasteiger partial charge in [0.1, 0.15) is 5.75 Å². The molecule has 5 heteroatoms. The maximum absolute atomic E-state index is 12.3. The molecule has 1 aliphatic rings. The molecule has 0 spiro atoms. The fourth-order valence-corrected chi connectivity index (χ4v) is 2.94. The molecule has 3 rings (SSSR count). The second-order valence-corrected chi connectivity index (χ2v) is 5.97. The maximum Gasteiger partial charge on any atom is 0.255 e. The third-order valence-electron chi connectivity index (χ3n) is 4.31. The standard InChI is InChI=1S/C17H21N3O2/c1-2-12-3-4-16(21)15(9-12)17(22)19-14-7-13(8-14)10-20-6-5-18-11-20/h3-6,9,11,13-14,21H,2,7-8,10H2,1H3,(H,19,22). The van der Waals surface area contributed by atoms with Crippen molar-refractivity contribution in [1.29, 1.82) is 0 Å². The van der Waals surface area contributed by atoms with Crippen LogP contribution in [0.25, 0.3) is 0 Å². The number of hydrogen-bond acceptors (Lipinski definition) is 3. The number of carbonyl (C=O) groups excluding carboxylic acids is 1. The third-order valence-corrected chi connectivity index (χ3v) is 4.31. The summed E-state index contributed by atoms with van der Waals surface area (Å²) in [5.74, 6) is 0.443. The van der Waals surface area contributed by atoms with Crippen LogP contribution in [0.4, 0.5) is 0 Å². The smallest absolute Gasteiger partial charge is 0.255 e. The highest BCUT2D eigenvalue weighted by Gasteiger charge is 2.31. The van der Waals surface area contributed by atoms with Gasteiger partial charge in [-0.2, -0.15) is 0 Å².